The molecule has 2 aromatic rings. The molecule has 2 rings (SSSR count). The summed E-state index contributed by atoms with van der Waals surface area (Å²) in [6.45, 7) is 4.33. The van der Waals surface area contributed by atoms with Gasteiger partial charge in [0.05, 0.1) is 0 Å². The van der Waals surface area contributed by atoms with E-state index in [0.29, 0.717) is 0 Å². The highest BCUT2D eigenvalue weighted by Gasteiger charge is 2.03. The molecule has 0 bridgehead atoms. The summed E-state index contributed by atoms with van der Waals surface area (Å²) < 4.78 is 0. The standard InChI is InChI=1S/C15H17N/c1-3-5-14-11-16-9-8-15(14)13-7-4-6-12(2)10-13/h4,6-11H,3,5H2,1-2H3. The van der Waals surface area contributed by atoms with Crippen molar-refractivity contribution in [2.75, 3.05) is 0 Å². The maximum absolute atomic E-state index is 4.21. The highest BCUT2D eigenvalue weighted by molar-refractivity contribution is 5.67. The largest absolute Gasteiger partial charge is 0.264 e. The van der Waals surface area contributed by atoms with E-state index in [9.17, 15) is 0 Å². The van der Waals surface area contributed by atoms with E-state index in [2.05, 4.69) is 49.2 Å². The van der Waals surface area contributed by atoms with Crippen LogP contribution in [0.2, 0.25) is 0 Å². The zero-order chi connectivity index (χ0) is 11.4. The van der Waals surface area contributed by atoms with E-state index in [4.69, 9.17) is 0 Å². The quantitative estimate of drug-likeness (QED) is 0.747. The fourth-order valence-corrected chi connectivity index (χ4v) is 1.99. The minimum Gasteiger partial charge on any atom is -0.264 e. The first-order valence-corrected chi connectivity index (χ1v) is 5.81. The summed E-state index contributed by atoms with van der Waals surface area (Å²) >= 11 is 0. The monoisotopic (exact) mass is 211 g/mol. The Morgan fingerprint density at radius 2 is 2.06 bits per heavy atom. The lowest BCUT2D eigenvalue weighted by Gasteiger charge is -2.08. The Morgan fingerprint density at radius 1 is 1.19 bits per heavy atom. The van der Waals surface area contributed by atoms with Crippen LogP contribution in [0.15, 0.2) is 42.7 Å². The van der Waals surface area contributed by atoms with E-state index >= 15 is 0 Å². The molecule has 0 fully saturated rings. The van der Waals surface area contributed by atoms with Gasteiger partial charge in [0, 0.05) is 12.4 Å². The molecular weight excluding hydrogens is 194 g/mol. The highest BCUT2D eigenvalue weighted by Crippen LogP contribution is 2.24. The van der Waals surface area contributed by atoms with Gasteiger partial charge in [-0.2, -0.15) is 0 Å². The minimum atomic E-state index is 1.09. The average Bonchev–Trinajstić information content (AvgIpc) is 2.30. The topological polar surface area (TPSA) is 12.9 Å². The van der Waals surface area contributed by atoms with Crippen LogP contribution in [0.3, 0.4) is 0 Å². The molecule has 1 heteroatoms. The van der Waals surface area contributed by atoms with Crippen LogP contribution in [0, 0.1) is 6.92 Å². The van der Waals surface area contributed by atoms with Crippen LogP contribution < -0.4 is 0 Å². The maximum Gasteiger partial charge on any atom is 0.0306 e. The van der Waals surface area contributed by atoms with Gasteiger partial charge in [-0.05, 0) is 36.1 Å². The van der Waals surface area contributed by atoms with Crippen molar-refractivity contribution in [2.24, 2.45) is 0 Å². The molecule has 1 nitrogen and oxygen atoms in total. The maximum atomic E-state index is 4.21. The molecule has 0 saturated carbocycles. The van der Waals surface area contributed by atoms with Crippen LogP contribution in [0.5, 0.6) is 0 Å². The second-order valence-corrected chi connectivity index (χ2v) is 4.15. The molecule has 82 valence electrons. The molecule has 1 aromatic heterocycles. The van der Waals surface area contributed by atoms with E-state index in [1.54, 1.807) is 0 Å². The first-order valence-electron chi connectivity index (χ1n) is 5.81. The summed E-state index contributed by atoms with van der Waals surface area (Å²) in [5, 5.41) is 0. The van der Waals surface area contributed by atoms with Crippen molar-refractivity contribution >= 4 is 0 Å². The molecular formula is C15H17N. The number of benzene rings is 1. The molecule has 0 saturated heterocycles. The Morgan fingerprint density at radius 3 is 2.81 bits per heavy atom. The van der Waals surface area contributed by atoms with Gasteiger partial charge in [0.15, 0.2) is 0 Å². The molecule has 0 radical (unpaired) electrons. The molecule has 0 N–H and O–H groups in total. The normalized spacial score (nSPS) is 10.4. The predicted molar refractivity (Wildman–Crippen MR) is 68.4 cm³/mol. The number of nitrogens with zero attached hydrogens (tertiary/aromatic N) is 1. The van der Waals surface area contributed by atoms with E-state index in [1.165, 1.54) is 22.3 Å². The predicted octanol–water partition coefficient (Wildman–Crippen LogP) is 4.01. The third-order valence-electron chi connectivity index (χ3n) is 2.75. The van der Waals surface area contributed by atoms with E-state index in [1.807, 2.05) is 12.4 Å². The molecule has 1 aromatic carbocycles. The van der Waals surface area contributed by atoms with E-state index in [-0.39, 0.29) is 0 Å². The fourth-order valence-electron chi connectivity index (χ4n) is 1.99. The van der Waals surface area contributed by atoms with Crippen molar-refractivity contribution in [3.63, 3.8) is 0 Å². The lowest BCUT2D eigenvalue weighted by atomic mass is 9.98. The highest BCUT2D eigenvalue weighted by atomic mass is 14.6. The van der Waals surface area contributed by atoms with Crippen molar-refractivity contribution in [1.29, 1.82) is 0 Å². The van der Waals surface area contributed by atoms with Crippen molar-refractivity contribution in [1.82, 2.24) is 4.98 Å². The lowest BCUT2D eigenvalue weighted by molar-refractivity contribution is 0.916. The molecule has 0 aliphatic carbocycles. The number of aryl methyl sites for hydroxylation is 2. The van der Waals surface area contributed by atoms with Crippen LogP contribution in [0.4, 0.5) is 0 Å². The van der Waals surface area contributed by atoms with Gasteiger partial charge in [-0.1, -0.05) is 43.2 Å². The van der Waals surface area contributed by atoms with E-state index in [0.717, 1.165) is 12.8 Å². The zero-order valence-electron chi connectivity index (χ0n) is 9.90. The smallest absolute Gasteiger partial charge is 0.0306 e. The van der Waals surface area contributed by atoms with Crippen molar-refractivity contribution in [3.8, 4) is 11.1 Å². The van der Waals surface area contributed by atoms with Crippen molar-refractivity contribution in [2.45, 2.75) is 26.7 Å². The summed E-state index contributed by atoms with van der Waals surface area (Å²) in [5.74, 6) is 0. The second kappa shape index (κ2) is 4.93. The third kappa shape index (κ3) is 2.30. The van der Waals surface area contributed by atoms with Gasteiger partial charge in [0.2, 0.25) is 0 Å². The van der Waals surface area contributed by atoms with Gasteiger partial charge < -0.3 is 0 Å². The Hall–Kier alpha value is -1.63. The Bertz CT molecular complexity index is 474. The number of hydrogen-bond acceptors (Lipinski definition) is 1. The van der Waals surface area contributed by atoms with Crippen LogP contribution in [-0.2, 0) is 6.42 Å². The lowest BCUT2D eigenvalue weighted by Crippen LogP contribution is -1.90. The van der Waals surface area contributed by atoms with Crippen LogP contribution in [0.25, 0.3) is 11.1 Å². The van der Waals surface area contributed by atoms with Gasteiger partial charge in [-0.25, -0.2) is 0 Å². The summed E-state index contributed by atoms with van der Waals surface area (Å²) in [6.07, 6.45) is 6.11. The van der Waals surface area contributed by atoms with Gasteiger partial charge >= 0.3 is 0 Å². The molecule has 1 heterocycles. The van der Waals surface area contributed by atoms with E-state index < -0.39 is 0 Å². The number of pyridine rings is 1. The van der Waals surface area contributed by atoms with Crippen LogP contribution in [0.1, 0.15) is 24.5 Å². The Labute approximate surface area is 97.2 Å². The average molecular weight is 211 g/mol. The first-order chi connectivity index (χ1) is 7.81. The molecule has 0 atom stereocenters. The van der Waals surface area contributed by atoms with Crippen LogP contribution >= 0.6 is 0 Å². The molecule has 0 aliphatic heterocycles. The molecule has 0 spiro atoms. The molecule has 0 amide bonds. The fraction of sp³-hybridized carbons (Fsp3) is 0.267. The third-order valence-corrected chi connectivity index (χ3v) is 2.75. The number of hydrogen-bond donors (Lipinski definition) is 0. The van der Waals surface area contributed by atoms with Gasteiger partial charge in [-0.15, -0.1) is 0 Å². The van der Waals surface area contributed by atoms with Gasteiger partial charge in [0.1, 0.15) is 0 Å². The summed E-state index contributed by atoms with van der Waals surface area (Å²) in [6, 6.07) is 10.8. The van der Waals surface area contributed by atoms with Gasteiger partial charge in [0.25, 0.3) is 0 Å². The SMILES string of the molecule is CCCc1cnccc1-c1cccc(C)c1. The van der Waals surface area contributed by atoms with Gasteiger partial charge in [-0.3, -0.25) is 4.98 Å². The Balaban J connectivity index is 2.46. The number of aromatic nitrogens is 1. The summed E-state index contributed by atoms with van der Waals surface area (Å²) in [5.41, 5.74) is 5.26. The van der Waals surface area contributed by atoms with Crippen LogP contribution in [-0.4, -0.2) is 4.98 Å². The zero-order valence-corrected chi connectivity index (χ0v) is 9.90. The molecule has 0 aliphatic rings. The van der Waals surface area contributed by atoms with Crippen molar-refractivity contribution in [3.05, 3.63) is 53.9 Å². The summed E-state index contributed by atoms with van der Waals surface area (Å²) in [7, 11) is 0. The minimum absolute atomic E-state index is 1.09. The Kier molecular flexibility index (Phi) is 3.35. The molecule has 16 heavy (non-hydrogen) atoms. The number of rotatable bonds is 3. The first kappa shape index (κ1) is 10.9. The summed E-state index contributed by atoms with van der Waals surface area (Å²) in [4.78, 5) is 4.21. The second-order valence-electron chi connectivity index (χ2n) is 4.15. The molecule has 0 unspecified atom stereocenters. The van der Waals surface area contributed by atoms with Crippen molar-refractivity contribution < 1.29 is 0 Å².